The van der Waals surface area contributed by atoms with Gasteiger partial charge < -0.3 is 57.2 Å². The minimum Gasteiger partial charge on any atom is -0.463 e. The zero-order valence-corrected chi connectivity index (χ0v) is 30.6. The number of carbonyl (C=O) groups is 7. The van der Waals surface area contributed by atoms with Gasteiger partial charge in [0.1, 0.15) is 25.4 Å². The number of benzene rings is 1. The van der Waals surface area contributed by atoms with Gasteiger partial charge in [-0.05, 0) is 37.1 Å². The van der Waals surface area contributed by atoms with Crippen LogP contribution in [0.15, 0.2) is 12.1 Å². The maximum atomic E-state index is 12.3. The number of hydrogen-bond acceptors (Lipinski definition) is 19. The summed E-state index contributed by atoms with van der Waals surface area (Å²) in [5, 5.41) is 11.4. The lowest BCUT2D eigenvalue weighted by Gasteiger charge is -2.44. The third-order valence-corrected chi connectivity index (χ3v) is 7.66. The average Bonchev–Trinajstić information content (AvgIpc) is 3.02. The number of esters is 7. The summed E-state index contributed by atoms with van der Waals surface area (Å²) in [7, 11) is 0. The van der Waals surface area contributed by atoms with Gasteiger partial charge >= 0.3 is 41.8 Å². The van der Waals surface area contributed by atoms with Crippen LogP contribution in [0.25, 0.3) is 0 Å². The van der Waals surface area contributed by atoms with Gasteiger partial charge in [0.05, 0.1) is 0 Å². The van der Waals surface area contributed by atoms with E-state index in [4.69, 9.17) is 52.1 Å². The largest absolute Gasteiger partial charge is 0.463 e. The maximum Gasteiger partial charge on any atom is 0.303 e. The lowest BCUT2D eigenvalue weighted by atomic mass is 9.98. The number of ether oxygens (including phenoxy) is 11. The third-order valence-electron chi connectivity index (χ3n) is 7.66. The molecule has 2 aliphatic rings. The molecule has 0 spiro atoms. The van der Waals surface area contributed by atoms with Gasteiger partial charge in [-0.2, -0.15) is 0 Å². The number of aliphatic hydroxyl groups excluding tert-OH is 1. The van der Waals surface area contributed by atoms with Crippen LogP contribution in [-0.4, -0.2) is 122 Å². The van der Waals surface area contributed by atoms with Gasteiger partial charge in [0.15, 0.2) is 42.0 Å². The van der Waals surface area contributed by atoms with Crippen molar-refractivity contribution in [3.8, 4) is 11.5 Å². The zero-order chi connectivity index (χ0) is 39.7. The Labute approximate surface area is 304 Å². The summed E-state index contributed by atoms with van der Waals surface area (Å²) in [5.74, 6) is -5.87. The summed E-state index contributed by atoms with van der Waals surface area (Å²) in [4.78, 5) is 84.2. The molecule has 19 nitrogen and oxygen atoms in total. The molecule has 19 heteroatoms. The first-order valence-corrected chi connectivity index (χ1v) is 16.3. The van der Waals surface area contributed by atoms with E-state index in [2.05, 4.69) is 0 Å². The lowest BCUT2D eigenvalue weighted by Crippen LogP contribution is -2.63. The fourth-order valence-corrected chi connectivity index (χ4v) is 5.47. The molecule has 0 aliphatic carbocycles. The van der Waals surface area contributed by atoms with Gasteiger partial charge in [-0.15, -0.1) is 0 Å². The van der Waals surface area contributed by atoms with Crippen LogP contribution in [0.4, 0.5) is 0 Å². The molecule has 2 fully saturated rings. The van der Waals surface area contributed by atoms with Gasteiger partial charge in [0, 0.05) is 48.5 Å². The molecule has 3 rings (SSSR count). The van der Waals surface area contributed by atoms with Crippen LogP contribution in [0, 0.1) is 13.8 Å². The highest BCUT2D eigenvalue weighted by Gasteiger charge is 2.54. The highest BCUT2D eigenvalue weighted by Crippen LogP contribution is 2.38. The van der Waals surface area contributed by atoms with Crippen LogP contribution in [-0.2, 0) is 76.2 Å². The minimum atomic E-state index is -1.81. The molecular weight excluding hydrogens is 712 g/mol. The first kappa shape index (κ1) is 42.4. The molecule has 1 N–H and O–H groups in total. The second kappa shape index (κ2) is 18.7. The molecule has 2 heterocycles. The highest BCUT2D eigenvalue weighted by molar-refractivity contribution is 5.69. The standard InChI is InChI=1S/C34H44O19/c1-14-10-23(50-33-27(42)30(47-20(7)39)28(45-18(5)37)25(52-33)12-43-16(3)35)24(11-15(14)2)51-34-32(49-22(9)41)31(48-21(8)40)29(46-19(6)38)26(53-34)13-44-17(4)36/h10-11,25-34,42H,12-13H2,1-9H3/t25-,26-,27-,28-,29-,30-,31+,32-,33-,34-/m1/s1. The SMILES string of the molecule is CC(=O)OC[C@H]1O[C@@H](Oc2cc(C)c(C)cc2O[C@@H]2O[C@H](COC(C)=O)[C@@H](OC(C)=O)[C@H](OC(C)=O)[C@H]2O)[C@H](OC(C)=O)[C@@H](OC(C)=O)[C@@H]1OC(C)=O. The molecule has 294 valence electrons. The van der Waals surface area contributed by atoms with Crippen molar-refractivity contribution in [1.82, 2.24) is 0 Å². The van der Waals surface area contributed by atoms with E-state index < -0.39 is 116 Å². The maximum absolute atomic E-state index is 12.3. The zero-order valence-electron chi connectivity index (χ0n) is 30.6. The molecule has 1 aromatic rings. The molecule has 10 atom stereocenters. The van der Waals surface area contributed by atoms with E-state index in [-0.39, 0.29) is 11.5 Å². The monoisotopic (exact) mass is 756 g/mol. The molecule has 0 aromatic heterocycles. The fourth-order valence-electron chi connectivity index (χ4n) is 5.47. The van der Waals surface area contributed by atoms with Crippen LogP contribution < -0.4 is 9.47 Å². The van der Waals surface area contributed by atoms with E-state index in [0.29, 0.717) is 11.1 Å². The van der Waals surface area contributed by atoms with E-state index in [1.807, 2.05) is 0 Å². The van der Waals surface area contributed by atoms with Crippen LogP contribution in [0.5, 0.6) is 11.5 Å². The van der Waals surface area contributed by atoms with Gasteiger partial charge in [-0.1, -0.05) is 0 Å². The molecule has 0 saturated carbocycles. The summed E-state index contributed by atoms with van der Waals surface area (Å²) in [6, 6.07) is 2.99. The second-order valence-electron chi connectivity index (χ2n) is 12.2. The van der Waals surface area contributed by atoms with Crippen molar-refractivity contribution >= 4 is 41.8 Å². The first-order chi connectivity index (χ1) is 24.8. The number of hydrogen-bond donors (Lipinski definition) is 1. The van der Waals surface area contributed by atoms with Gasteiger partial charge in [-0.25, -0.2) is 0 Å². The number of carbonyl (C=O) groups excluding carboxylic acids is 7. The van der Waals surface area contributed by atoms with Crippen molar-refractivity contribution in [2.45, 2.75) is 124 Å². The van der Waals surface area contributed by atoms with Crippen LogP contribution in [0.2, 0.25) is 0 Å². The van der Waals surface area contributed by atoms with Crippen molar-refractivity contribution in [3.05, 3.63) is 23.3 Å². The van der Waals surface area contributed by atoms with Crippen LogP contribution >= 0.6 is 0 Å². The Balaban J connectivity index is 2.10. The Kier molecular flexibility index (Phi) is 14.9. The predicted molar refractivity (Wildman–Crippen MR) is 172 cm³/mol. The van der Waals surface area contributed by atoms with Crippen molar-refractivity contribution < 1.29 is 90.8 Å². The van der Waals surface area contributed by atoms with Gasteiger partial charge in [0.2, 0.25) is 18.7 Å². The Morgan fingerprint density at radius 3 is 1.26 bits per heavy atom. The molecule has 2 saturated heterocycles. The Morgan fingerprint density at radius 2 is 0.849 bits per heavy atom. The van der Waals surface area contributed by atoms with Crippen molar-refractivity contribution in [2.24, 2.45) is 0 Å². The summed E-state index contributed by atoms with van der Waals surface area (Å²) in [6.45, 7) is 10.0. The summed E-state index contributed by atoms with van der Waals surface area (Å²) < 4.78 is 61.5. The molecular formula is C34H44O19. The van der Waals surface area contributed by atoms with Gasteiger partial charge in [-0.3, -0.25) is 33.6 Å². The summed E-state index contributed by atoms with van der Waals surface area (Å²) in [5.41, 5.74) is 1.29. The summed E-state index contributed by atoms with van der Waals surface area (Å²) >= 11 is 0. The predicted octanol–water partition coefficient (Wildman–Crippen LogP) is 0.656. The molecule has 53 heavy (non-hydrogen) atoms. The quantitative estimate of drug-likeness (QED) is 0.215. The van der Waals surface area contributed by atoms with Crippen molar-refractivity contribution in [1.29, 1.82) is 0 Å². The van der Waals surface area contributed by atoms with Crippen LogP contribution in [0.3, 0.4) is 0 Å². The van der Waals surface area contributed by atoms with E-state index in [9.17, 15) is 38.7 Å². The Bertz CT molecular complexity index is 1540. The van der Waals surface area contributed by atoms with Crippen molar-refractivity contribution in [3.63, 3.8) is 0 Å². The van der Waals surface area contributed by atoms with E-state index in [1.165, 1.54) is 12.1 Å². The topological polar surface area (TPSA) is 241 Å². The molecule has 0 amide bonds. The minimum absolute atomic E-state index is 0.118. The van der Waals surface area contributed by atoms with Gasteiger partial charge in [0.25, 0.3) is 0 Å². The molecule has 1 aromatic carbocycles. The third kappa shape index (κ3) is 12.0. The van der Waals surface area contributed by atoms with E-state index in [1.54, 1.807) is 13.8 Å². The van der Waals surface area contributed by atoms with E-state index >= 15 is 0 Å². The highest BCUT2D eigenvalue weighted by atomic mass is 16.8. The first-order valence-electron chi connectivity index (χ1n) is 16.3. The Hall–Kier alpha value is -5.01. The molecule has 0 bridgehead atoms. The fraction of sp³-hybridized carbons (Fsp3) is 0.618. The lowest BCUT2D eigenvalue weighted by molar-refractivity contribution is -0.291. The average molecular weight is 757 g/mol. The number of aryl methyl sites for hydroxylation is 2. The second-order valence-corrected chi connectivity index (χ2v) is 12.2. The van der Waals surface area contributed by atoms with Crippen molar-refractivity contribution in [2.75, 3.05) is 13.2 Å². The molecule has 0 radical (unpaired) electrons. The smallest absolute Gasteiger partial charge is 0.303 e. The van der Waals surface area contributed by atoms with E-state index in [0.717, 1.165) is 48.5 Å². The van der Waals surface area contributed by atoms with Crippen LogP contribution in [0.1, 0.15) is 59.6 Å². The number of aliphatic hydroxyl groups is 1. The number of rotatable bonds is 13. The summed E-state index contributed by atoms with van der Waals surface area (Å²) in [6.07, 6.45) is -15.4. The normalized spacial score (nSPS) is 28.0. The molecule has 0 unspecified atom stereocenters. The Morgan fingerprint density at radius 1 is 0.509 bits per heavy atom. The molecule has 2 aliphatic heterocycles.